The van der Waals surface area contributed by atoms with E-state index >= 15 is 0 Å². The van der Waals surface area contributed by atoms with Crippen LogP contribution in [-0.4, -0.2) is 52.8 Å². The third-order valence-corrected chi connectivity index (χ3v) is 3.02. The summed E-state index contributed by atoms with van der Waals surface area (Å²) in [6.07, 6.45) is 3.92. The number of hydrogen-bond acceptors (Lipinski definition) is 5. The number of halogens is 1. The first-order chi connectivity index (χ1) is 8.25. The lowest BCUT2D eigenvalue weighted by Gasteiger charge is -2.34. The van der Waals surface area contributed by atoms with Gasteiger partial charge in [0.15, 0.2) is 0 Å². The highest BCUT2D eigenvalue weighted by Gasteiger charge is 2.18. The molecule has 0 radical (unpaired) electrons. The van der Waals surface area contributed by atoms with Crippen molar-refractivity contribution in [2.45, 2.75) is 6.42 Å². The molecule has 1 aromatic rings. The summed E-state index contributed by atoms with van der Waals surface area (Å²) in [4.78, 5) is 23.5. The van der Waals surface area contributed by atoms with Crippen LogP contribution in [0.2, 0.25) is 0 Å². The van der Waals surface area contributed by atoms with Crippen molar-refractivity contribution in [1.82, 2.24) is 14.9 Å². The molecule has 0 bridgehead atoms. The topological polar surface area (TPSA) is 49.3 Å². The van der Waals surface area contributed by atoms with Gasteiger partial charge in [-0.3, -0.25) is 9.69 Å². The van der Waals surface area contributed by atoms with E-state index in [0.717, 1.165) is 38.7 Å². The molecular weight excluding hydrogens is 240 g/mol. The van der Waals surface area contributed by atoms with Crippen LogP contribution in [0.5, 0.6) is 0 Å². The Balaban J connectivity index is 1.80. The monoisotopic (exact) mass is 254 g/mol. The van der Waals surface area contributed by atoms with Crippen LogP contribution in [0.15, 0.2) is 18.5 Å². The second-order valence-corrected chi connectivity index (χ2v) is 4.40. The summed E-state index contributed by atoms with van der Waals surface area (Å²) in [5.41, 5.74) is 0. The largest absolute Gasteiger partial charge is 0.338 e. The fourth-order valence-electron chi connectivity index (χ4n) is 1.87. The Hall–Kier alpha value is -1.20. The number of anilines is 1. The number of hydrogen-bond donors (Lipinski definition) is 0. The van der Waals surface area contributed by atoms with Gasteiger partial charge in [0.05, 0.1) is 0 Å². The lowest BCUT2D eigenvalue weighted by Crippen LogP contribution is -2.47. The Morgan fingerprint density at radius 1 is 1.24 bits per heavy atom. The molecule has 17 heavy (non-hydrogen) atoms. The highest BCUT2D eigenvalue weighted by atomic mass is 35.5. The maximum Gasteiger partial charge on any atom is 0.225 e. The summed E-state index contributed by atoms with van der Waals surface area (Å²) in [5.74, 6) is 0.778. The van der Waals surface area contributed by atoms with Crippen molar-refractivity contribution < 1.29 is 4.79 Å². The van der Waals surface area contributed by atoms with E-state index in [4.69, 9.17) is 11.6 Å². The minimum absolute atomic E-state index is 0.265. The van der Waals surface area contributed by atoms with E-state index in [1.807, 2.05) is 6.07 Å². The number of carbonyl (C=O) groups excluding carboxylic acids is 1. The van der Waals surface area contributed by atoms with Crippen molar-refractivity contribution in [2.24, 2.45) is 0 Å². The Morgan fingerprint density at radius 2 is 1.88 bits per heavy atom. The van der Waals surface area contributed by atoms with Gasteiger partial charge in [0, 0.05) is 51.5 Å². The minimum atomic E-state index is -0.265. The van der Waals surface area contributed by atoms with E-state index in [9.17, 15) is 4.79 Å². The van der Waals surface area contributed by atoms with Gasteiger partial charge in [0.1, 0.15) is 0 Å². The Kier molecular flexibility index (Phi) is 4.28. The molecule has 0 aromatic carbocycles. The van der Waals surface area contributed by atoms with Gasteiger partial charge in [0.25, 0.3) is 0 Å². The number of piperazine rings is 1. The lowest BCUT2D eigenvalue weighted by molar-refractivity contribution is -0.112. The summed E-state index contributed by atoms with van der Waals surface area (Å²) < 4.78 is 0. The van der Waals surface area contributed by atoms with Crippen LogP contribution in [0.4, 0.5) is 5.95 Å². The predicted molar refractivity (Wildman–Crippen MR) is 66.2 cm³/mol. The van der Waals surface area contributed by atoms with E-state index < -0.39 is 0 Å². The zero-order chi connectivity index (χ0) is 12.1. The van der Waals surface area contributed by atoms with Crippen molar-refractivity contribution in [1.29, 1.82) is 0 Å². The van der Waals surface area contributed by atoms with Crippen LogP contribution < -0.4 is 4.90 Å². The van der Waals surface area contributed by atoms with Crippen molar-refractivity contribution in [3.05, 3.63) is 18.5 Å². The highest BCUT2D eigenvalue weighted by Crippen LogP contribution is 2.09. The van der Waals surface area contributed by atoms with Gasteiger partial charge in [-0.1, -0.05) is 0 Å². The van der Waals surface area contributed by atoms with Gasteiger partial charge < -0.3 is 4.90 Å². The number of aromatic nitrogens is 2. The van der Waals surface area contributed by atoms with Crippen LogP contribution >= 0.6 is 11.6 Å². The molecule has 1 aromatic heterocycles. The second kappa shape index (κ2) is 5.93. The van der Waals surface area contributed by atoms with Crippen molar-refractivity contribution in [3.63, 3.8) is 0 Å². The zero-order valence-corrected chi connectivity index (χ0v) is 10.3. The average molecular weight is 255 g/mol. The predicted octanol–water partition coefficient (Wildman–Crippen LogP) is 0.754. The van der Waals surface area contributed by atoms with E-state index in [1.54, 1.807) is 12.4 Å². The number of carbonyl (C=O) groups is 1. The van der Waals surface area contributed by atoms with E-state index in [-0.39, 0.29) is 5.24 Å². The maximum atomic E-state index is 10.7. The van der Waals surface area contributed by atoms with Gasteiger partial charge in [-0.15, -0.1) is 0 Å². The molecule has 2 heterocycles. The first-order valence-corrected chi connectivity index (χ1v) is 6.06. The number of nitrogens with zero attached hydrogens (tertiary/aromatic N) is 4. The fraction of sp³-hybridized carbons (Fsp3) is 0.545. The Bertz CT molecular complexity index is 365. The Labute approximate surface area is 105 Å². The first-order valence-electron chi connectivity index (χ1n) is 5.68. The van der Waals surface area contributed by atoms with Crippen LogP contribution in [-0.2, 0) is 4.79 Å². The van der Waals surface area contributed by atoms with Crippen LogP contribution in [0.1, 0.15) is 6.42 Å². The summed E-state index contributed by atoms with van der Waals surface area (Å²) in [5, 5.41) is -0.265. The van der Waals surface area contributed by atoms with E-state index in [1.165, 1.54) is 0 Å². The maximum absolute atomic E-state index is 10.7. The third-order valence-electron chi connectivity index (χ3n) is 2.83. The molecule has 92 valence electrons. The molecule has 2 rings (SSSR count). The average Bonchev–Trinajstić information content (AvgIpc) is 2.38. The molecule has 6 heteroatoms. The molecule has 1 saturated heterocycles. The van der Waals surface area contributed by atoms with Crippen molar-refractivity contribution in [3.8, 4) is 0 Å². The molecule has 0 unspecified atom stereocenters. The van der Waals surface area contributed by atoms with Gasteiger partial charge in [-0.2, -0.15) is 0 Å². The molecular formula is C11H15ClN4O. The minimum Gasteiger partial charge on any atom is -0.338 e. The van der Waals surface area contributed by atoms with E-state index in [2.05, 4.69) is 19.8 Å². The summed E-state index contributed by atoms with van der Waals surface area (Å²) in [7, 11) is 0. The number of rotatable bonds is 4. The summed E-state index contributed by atoms with van der Waals surface area (Å²) >= 11 is 5.33. The van der Waals surface area contributed by atoms with E-state index in [0.29, 0.717) is 6.42 Å². The van der Waals surface area contributed by atoms with Crippen LogP contribution in [0.25, 0.3) is 0 Å². The third kappa shape index (κ3) is 3.64. The molecule has 0 saturated carbocycles. The molecule has 1 aliphatic heterocycles. The van der Waals surface area contributed by atoms with Crippen molar-refractivity contribution in [2.75, 3.05) is 37.6 Å². The summed E-state index contributed by atoms with van der Waals surface area (Å²) in [6.45, 7) is 4.36. The zero-order valence-electron chi connectivity index (χ0n) is 9.55. The highest BCUT2D eigenvalue weighted by molar-refractivity contribution is 6.63. The second-order valence-electron chi connectivity index (χ2n) is 3.98. The molecule has 0 spiro atoms. The molecule has 0 atom stereocenters. The molecule has 5 nitrogen and oxygen atoms in total. The summed E-state index contributed by atoms with van der Waals surface area (Å²) in [6, 6.07) is 1.81. The molecule has 0 amide bonds. The van der Waals surface area contributed by atoms with Gasteiger partial charge in [-0.25, -0.2) is 9.97 Å². The normalized spacial score (nSPS) is 17.1. The SMILES string of the molecule is O=C(Cl)CCN1CCN(c2ncccn2)CC1. The van der Waals surface area contributed by atoms with Gasteiger partial charge >= 0.3 is 0 Å². The quantitative estimate of drug-likeness (QED) is 0.743. The fourth-order valence-corrected chi connectivity index (χ4v) is 1.96. The molecule has 0 N–H and O–H groups in total. The van der Waals surface area contributed by atoms with Crippen molar-refractivity contribution >= 4 is 22.8 Å². The molecule has 0 aliphatic carbocycles. The van der Waals surface area contributed by atoms with Gasteiger partial charge in [0.2, 0.25) is 11.2 Å². The molecule has 1 aliphatic rings. The first kappa shape index (κ1) is 12.3. The van der Waals surface area contributed by atoms with Gasteiger partial charge in [-0.05, 0) is 17.7 Å². The molecule has 1 fully saturated rings. The smallest absolute Gasteiger partial charge is 0.225 e. The van der Waals surface area contributed by atoms with Crippen LogP contribution in [0, 0.1) is 0 Å². The standard InChI is InChI=1S/C11H15ClN4O/c12-10(17)2-5-15-6-8-16(9-7-15)11-13-3-1-4-14-11/h1,3-4H,2,5-9H2. The Morgan fingerprint density at radius 3 is 2.47 bits per heavy atom. The van der Waals surface area contributed by atoms with Crippen LogP contribution in [0.3, 0.4) is 0 Å². The lowest BCUT2D eigenvalue weighted by atomic mass is 10.3.